The topological polar surface area (TPSA) is 81.2 Å². The van der Waals surface area contributed by atoms with Crippen LogP contribution < -0.4 is 5.56 Å². The van der Waals surface area contributed by atoms with E-state index >= 15 is 0 Å². The average Bonchev–Trinajstić information content (AvgIpc) is 3.47. The molecule has 0 N–H and O–H groups in total. The molecule has 3 aromatic heterocycles. The molecule has 1 saturated heterocycles. The Labute approximate surface area is 156 Å². The molecule has 1 saturated carbocycles. The average molecular weight is 365 g/mol. The zero-order valence-electron chi connectivity index (χ0n) is 15.2. The Morgan fingerprint density at radius 2 is 1.85 bits per heavy atom. The monoisotopic (exact) mass is 365 g/mol. The third-order valence-corrected chi connectivity index (χ3v) is 5.71. The van der Waals surface area contributed by atoms with Crippen LogP contribution >= 0.6 is 0 Å². The lowest BCUT2D eigenvalue weighted by atomic mass is 9.96. The van der Waals surface area contributed by atoms with Gasteiger partial charge in [-0.2, -0.15) is 9.61 Å². The molecule has 0 amide bonds. The summed E-state index contributed by atoms with van der Waals surface area (Å²) in [5.41, 5.74) is 1.97. The maximum atomic E-state index is 11.8. The number of likely N-dealkylation sites (tertiary alicyclic amines) is 1. The van der Waals surface area contributed by atoms with E-state index in [1.54, 1.807) is 17.0 Å². The molecule has 8 nitrogen and oxygen atoms in total. The summed E-state index contributed by atoms with van der Waals surface area (Å²) in [6.45, 7) is 3.58. The van der Waals surface area contributed by atoms with Gasteiger partial charge in [0.05, 0.1) is 11.9 Å². The van der Waals surface area contributed by atoms with E-state index < -0.39 is 0 Å². The first-order chi connectivity index (χ1) is 13.3. The number of nitrogens with zero attached hydrogens (tertiary/aromatic N) is 7. The lowest BCUT2D eigenvalue weighted by Crippen LogP contribution is -2.37. The Hall–Kier alpha value is -2.61. The molecule has 0 atom stereocenters. The van der Waals surface area contributed by atoms with Crippen molar-refractivity contribution in [3.05, 3.63) is 52.6 Å². The zero-order chi connectivity index (χ0) is 18.2. The fourth-order valence-corrected chi connectivity index (χ4v) is 3.89. The number of hydrogen-bond acceptors (Lipinski definition) is 6. The molecule has 0 unspecified atom stereocenters. The van der Waals surface area contributed by atoms with Gasteiger partial charge < -0.3 is 9.47 Å². The van der Waals surface area contributed by atoms with Crippen molar-refractivity contribution < 1.29 is 0 Å². The molecule has 4 heterocycles. The van der Waals surface area contributed by atoms with E-state index in [-0.39, 0.29) is 5.56 Å². The van der Waals surface area contributed by atoms with Gasteiger partial charge in [0.25, 0.3) is 5.56 Å². The molecule has 0 spiro atoms. The largest absolute Gasteiger partial charge is 0.311 e. The molecule has 5 rings (SSSR count). The summed E-state index contributed by atoms with van der Waals surface area (Å²) in [4.78, 5) is 18.0. The highest BCUT2D eigenvalue weighted by molar-refractivity contribution is 5.38. The standard InChI is InChI=1S/C19H23N7O/c27-18-13-20-7-10-25(18)12-11-24-8-5-15(6-9-24)19-22-21-17-4-3-16(14-1-2-14)23-26(17)19/h3-4,7,10,13-15H,1-2,5-6,8-9,11-12H2. The molecule has 27 heavy (non-hydrogen) atoms. The first-order valence-corrected chi connectivity index (χ1v) is 9.73. The summed E-state index contributed by atoms with van der Waals surface area (Å²) in [6.07, 6.45) is 9.35. The van der Waals surface area contributed by atoms with E-state index in [1.807, 2.05) is 10.6 Å². The molecule has 140 valence electrons. The van der Waals surface area contributed by atoms with Gasteiger partial charge in [-0.3, -0.25) is 9.78 Å². The molecule has 0 radical (unpaired) electrons. The number of rotatable bonds is 5. The van der Waals surface area contributed by atoms with Crippen LogP contribution in [0.2, 0.25) is 0 Å². The number of piperidine rings is 1. The van der Waals surface area contributed by atoms with Gasteiger partial charge in [-0.25, -0.2) is 0 Å². The second kappa shape index (κ2) is 6.84. The van der Waals surface area contributed by atoms with E-state index in [0.717, 1.165) is 43.9 Å². The fourth-order valence-electron chi connectivity index (χ4n) is 3.89. The van der Waals surface area contributed by atoms with Gasteiger partial charge in [0.15, 0.2) is 11.5 Å². The van der Waals surface area contributed by atoms with E-state index in [2.05, 4.69) is 26.1 Å². The summed E-state index contributed by atoms with van der Waals surface area (Å²) in [5, 5.41) is 13.6. The van der Waals surface area contributed by atoms with E-state index in [9.17, 15) is 4.79 Å². The summed E-state index contributed by atoms with van der Waals surface area (Å²) >= 11 is 0. The Morgan fingerprint density at radius 3 is 2.63 bits per heavy atom. The highest BCUT2D eigenvalue weighted by Crippen LogP contribution is 2.39. The van der Waals surface area contributed by atoms with Crippen molar-refractivity contribution in [2.75, 3.05) is 19.6 Å². The maximum absolute atomic E-state index is 11.8. The molecule has 0 aromatic carbocycles. The molecular formula is C19H23N7O. The predicted octanol–water partition coefficient (Wildman–Crippen LogP) is 1.44. The summed E-state index contributed by atoms with van der Waals surface area (Å²) < 4.78 is 3.68. The van der Waals surface area contributed by atoms with Crippen molar-refractivity contribution in [3.63, 3.8) is 0 Å². The summed E-state index contributed by atoms with van der Waals surface area (Å²) in [7, 11) is 0. The number of hydrogen-bond donors (Lipinski definition) is 0. The Kier molecular flexibility index (Phi) is 4.20. The van der Waals surface area contributed by atoms with Gasteiger partial charge in [0, 0.05) is 37.3 Å². The minimum atomic E-state index is -0.0418. The van der Waals surface area contributed by atoms with Crippen LogP contribution in [0.25, 0.3) is 5.65 Å². The molecule has 3 aromatic rings. The number of fused-ring (bicyclic) bond motifs is 1. The number of aromatic nitrogens is 6. The van der Waals surface area contributed by atoms with Gasteiger partial charge in [0.2, 0.25) is 0 Å². The molecule has 8 heteroatoms. The lowest BCUT2D eigenvalue weighted by Gasteiger charge is -2.31. The van der Waals surface area contributed by atoms with Crippen molar-refractivity contribution in [2.45, 2.75) is 44.1 Å². The minimum absolute atomic E-state index is 0.0418. The van der Waals surface area contributed by atoms with Crippen molar-refractivity contribution in [2.24, 2.45) is 0 Å². The van der Waals surface area contributed by atoms with Gasteiger partial charge in [-0.15, -0.1) is 10.2 Å². The highest BCUT2D eigenvalue weighted by Gasteiger charge is 2.28. The van der Waals surface area contributed by atoms with Crippen molar-refractivity contribution in [3.8, 4) is 0 Å². The molecule has 2 aliphatic rings. The molecule has 1 aliphatic heterocycles. The van der Waals surface area contributed by atoms with Crippen LogP contribution in [0.4, 0.5) is 0 Å². The van der Waals surface area contributed by atoms with E-state index in [0.29, 0.717) is 18.4 Å². The second-order valence-corrected chi connectivity index (χ2v) is 7.58. The van der Waals surface area contributed by atoms with Crippen LogP contribution in [0, 0.1) is 0 Å². The van der Waals surface area contributed by atoms with Crippen LogP contribution in [-0.2, 0) is 6.54 Å². The fraction of sp³-hybridized carbons (Fsp3) is 0.526. The van der Waals surface area contributed by atoms with Gasteiger partial charge >= 0.3 is 0 Å². The maximum Gasteiger partial charge on any atom is 0.269 e. The van der Waals surface area contributed by atoms with E-state index in [1.165, 1.54) is 24.7 Å². The quantitative estimate of drug-likeness (QED) is 0.680. The van der Waals surface area contributed by atoms with E-state index in [4.69, 9.17) is 5.10 Å². The Morgan fingerprint density at radius 1 is 1.00 bits per heavy atom. The third-order valence-electron chi connectivity index (χ3n) is 5.71. The minimum Gasteiger partial charge on any atom is -0.311 e. The van der Waals surface area contributed by atoms with Crippen LogP contribution in [0.3, 0.4) is 0 Å². The Bertz CT molecular complexity index is 998. The first kappa shape index (κ1) is 16.6. The van der Waals surface area contributed by atoms with Crippen molar-refractivity contribution in [1.29, 1.82) is 0 Å². The predicted molar refractivity (Wildman–Crippen MR) is 99.7 cm³/mol. The van der Waals surface area contributed by atoms with Gasteiger partial charge in [-0.05, 0) is 50.9 Å². The summed E-state index contributed by atoms with van der Waals surface area (Å²) in [6, 6.07) is 4.13. The van der Waals surface area contributed by atoms with Crippen molar-refractivity contribution >= 4 is 5.65 Å². The highest BCUT2D eigenvalue weighted by atomic mass is 16.1. The zero-order valence-corrected chi connectivity index (χ0v) is 15.2. The van der Waals surface area contributed by atoms with Crippen LogP contribution in [-0.4, -0.2) is 53.9 Å². The van der Waals surface area contributed by atoms with Gasteiger partial charge in [-0.1, -0.05) is 0 Å². The van der Waals surface area contributed by atoms with Crippen LogP contribution in [0.15, 0.2) is 35.5 Å². The SMILES string of the molecule is O=c1cnccn1CCN1CCC(c2nnc3ccc(C4CC4)nn23)CC1. The first-order valence-electron chi connectivity index (χ1n) is 9.73. The third kappa shape index (κ3) is 3.37. The van der Waals surface area contributed by atoms with Gasteiger partial charge in [0.1, 0.15) is 0 Å². The lowest BCUT2D eigenvalue weighted by molar-refractivity contribution is 0.201. The summed E-state index contributed by atoms with van der Waals surface area (Å²) in [5.74, 6) is 2.02. The molecule has 2 fully saturated rings. The van der Waals surface area contributed by atoms with Crippen LogP contribution in [0.5, 0.6) is 0 Å². The smallest absolute Gasteiger partial charge is 0.269 e. The normalized spacial score (nSPS) is 19.0. The van der Waals surface area contributed by atoms with Crippen molar-refractivity contribution in [1.82, 2.24) is 34.3 Å². The Balaban J connectivity index is 1.24. The molecular weight excluding hydrogens is 342 g/mol. The second-order valence-electron chi connectivity index (χ2n) is 7.58. The molecule has 1 aliphatic carbocycles. The molecule has 0 bridgehead atoms. The van der Waals surface area contributed by atoms with Crippen LogP contribution in [0.1, 0.15) is 49.0 Å².